The zero-order valence-electron chi connectivity index (χ0n) is 8.45. The fraction of sp³-hybridized carbons (Fsp3) is 0.600. The van der Waals surface area contributed by atoms with Crippen LogP contribution in [0.3, 0.4) is 0 Å². The molecule has 0 bridgehead atoms. The minimum Gasteiger partial charge on any atom is -0.363 e. The molecule has 0 aromatic carbocycles. The molecule has 14 heavy (non-hydrogen) atoms. The van der Waals surface area contributed by atoms with Gasteiger partial charge in [0.15, 0.2) is 0 Å². The van der Waals surface area contributed by atoms with Gasteiger partial charge < -0.3 is 10.6 Å². The summed E-state index contributed by atoms with van der Waals surface area (Å²) in [4.78, 5) is 0. The van der Waals surface area contributed by atoms with Crippen LogP contribution in [0.25, 0.3) is 0 Å². The van der Waals surface area contributed by atoms with Crippen LogP contribution in [0, 0.1) is 0 Å². The highest BCUT2D eigenvalue weighted by atomic mass is 15.2. The molecule has 1 aromatic heterocycles. The molecule has 0 atom stereocenters. The summed E-state index contributed by atoms with van der Waals surface area (Å²) in [5.41, 5.74) is 1.07. The van der Waals surface area contributed by atoms with Crippen molar-refractivity contribution in [3.8, 4) is 0 Å². The van der Waals surface area contributed by atoms with Crippen molar-refractivity contribution in [1.82, 2.24) is 15.5 Å². The first-order chi connectivity index (χ1) is 6.88. The largest absolute Gasteiger partial charge is 0.363 e. The van der Waals surface area contributed by atoms with Gasteiger partial charge in [-0.05, 0) is 18.6 Å². The van der Waals surface area contributed by atoms with E-state index in [2.05, 4.69) is 27.8 Å². The molecule has 0 radical (unpaired) electrons. The number of rotatable bonds is 4. The molecule has 0 amide bonds. The minimum absolute atomic E-state index is 0.529. The van der Waals surface area contributed by atoms with Crippen LogP contribution in [0.5, 0.6) is 0 Å². The molecular weight excluding hydrogens is 176 g/mol. The number of nitrogens with zero attached hydrogens (tertiary/aromatic N) is 2. The van der Waals surface area contributed by atoms with E-state index in [4.69, 9.17) is 0 Å². The Hall–Kier alpha value is -1.16. The van der Waals surface area contributed by atoms with Gasteiger partial charge in [-0.3, -0.25) is 0 Å². The molecule has 1 aliphatic rings. The Balaban J connectivity index is 1.91. The third-order valence-corrected chi connectivity index (χ3v) is 2.36. The highest BCUT2D eigenvalue weighted by molar-refractivity contribution is 5.35. The molecule has 0 aliphatic carbocycles. The molecule has 1 saturated heterocycles. The van der Waals surface area contributed by atoms with E-state index in [1.807, 2.05) is 12.1 Å². The summed E-state index contributed by atoms with van der Waals surface area (Å²) in [6, 6.07) is 4.59. The van der Waals surface area contributed by atoms with E-state index in [9.17, 15) is 0 Å². The molecule has 4 nitrogen and oxygen atoms in total. The maximum atomic E-state index is 4.15. The molecule has 0 spiro atoms. The topological polar surface area (TPSA) is 49.8 Å². The maximum absolute atomic E-state index is 4.15. The maximum Gasteiger partial charge on any atom is 0.148 e. The first-order valence-corrected chi connectivity index (χ1v) is 5.18. The van der Waals surface area contributed by atoms with Gasteiger partial charge in [0.2, 0.25) is 0 Å². The lowest BCUT2D eigenvalue weighted by Gasteiger charge is -2.28. The Morgan fingerprint density at radius 2 is 2.29 bits per heavy atom. The SMILES string of the molecule is CCCc1ccc(NC2CNC2)nn1. The lowest BCUT2D eigenvalue weighted by atomic mass is 10.2. The van der Waals surface area contributed by atoms with Gasteiger partial charge in [0.1, 0.15) is 5.82 Å². The third-order valence-electron chi connectivity index (χ3n) is 2.36. The van der Waals surface area contributed by atoms with Crippen LogP contribution < -0.4 is 10.6 Å². The first kappa shape index (κ1) is 9.40. The summed E-state index contributed by atoms with van der Waals surface area (Å²) in [7, 11) is 0. The van der Waals surface area contributed by atoms with Gasteiger partial charge in [-0.2, -0.15) is 5.10 Å². The first-order valence-electron chi connectivity index (χ1n) is 5.18. The van der Waals surface area contributed by atoms with E-state index in [-0.39, 0.29) is 0 Å². The van der Waals surface area contributed by atoms with E-state index in [0.717, 1.165) is 37.4 Å². The summed E-state index contributed by atoms with van der Waals surface area (Å²) in [6.07, 6.45) is 2.13. The quantitative estimate of drug-likeness (QED) is 0.741. The monoisotopic (exact) mass is 192 g/mol. The standard InChI is InChI=1S/C10H16N4/c1-2-3-8-4-5-10(14-13-8)12-9-6-11-7-9/h4-5,9,11H,2-3,6-7H2,1H3,(H,12,14). The summed E-state index contributed by atoms with van der Waals surface area (Å²) in [5, 5.41) is 14.8. The third kappa shape index (κ3) is 2.20. The normalized spacial score (nSPS) is 16.4. The van der Waals surface area contributed by atoms with Crippen molar-refractivity contribution >= 4 is 5.82 Å². The van der Waals surface area contributed by atoms with E-state index < -0.39 is 0 Å². The fourth-order valence-corrected chi connectivity index (χ4v) is 1.43. The Morgan fingerprint density at radius 1 is 1.43 bits per heavy atom. The minimum atomic E-state index is 0.529. The summed E-state index contributed by atoms with van der Waals surface area (Å²) < 4.78 is 0. The molecule has 4 heteroatoms. The van der Waals surface area contributed by atoms with Crippen LogP contribution in [0.2, 0.25) is 0 Å². The zero-order valence-corrected chi connectivity index (χ0v) is 8.45. The lowest BCUT2D eigenvalue weighted by Crippen LogP contribution is -2.51. The van der Waals surface area contributed by atoms with Crippen molar-refractivity contribution in [2.45, 2.75) is 25.8 Å². The number of aromatic nitrogens is 2. The second-order valence-electron chi connectivity index (χ2n) is 3.66. The number of anilines is 1. The number of nitrogens with one attached hydrogen (secondary N) is 2. The van der Waals surface area contributed by atoms with Gasteiger partial charge in [-0.1, -0.05) is 13.3 Å². The van der Waals surface area contributed by atoms with Crippen LogP contribution in [0.1, 0.15) is 19.0 Å². The van der Waals surface area contributed by atoms with E-state index in [0.29, 0.717) is 6.04 Å². The predicted octanol–water partition coefficient (Wildman–Crippen LogP) is 0.813. The van der Waals surface area contributed by atoms with Gasteiger partial charge >= 0.3 is 0 Å². The Labute approximate surface area is 84.1 Å². The van der Waals surface area contributed by atoms with Crippen molar-refractivity contribution in [1.29, 1.82) is 0 Å². The molecule has 2 heterocycles. The van der Waals surface area contributed by atoms with Gasteiger partial charge in [0, 0.05) is 13.1 Å². The molecule has 1 fully saturated rings. The number of hydrogen-bond donors (Lipinski definition) is 2. The zero-order chi connectivity index (χ0) is 9.80. The number of aryl methyl sites for hydroxylation is 1. The Bertz CT molecular complexity index is 279. The highest BCUT2D eigenvalue weighted by Crippen LogP contribution is 2.06. The van der Waals surface area contributed by atoms with Gasteiger partial charge in [-0.15, -0.1) is 5.10 Å². The Morgan fingerprint density at radius 3 is 2.79 bits per heavy atom. The average Bonchev–Trinajstić information content (AvgIpc) is 2.14. The van der Waals surface area contributed by atoms with Crippen molar-refractivity contribution < 1.29 is 0 Å². The predicted molar refractivity (Wildman–Crippen MR) is 56.3 cm³/mol. The van der Waals surface area contributed by atoms with Crippen molar-refractivity contribution in [3.63, 3.8) is 0 Å². The molecule has 0 saturated carbocycles. The van der Waals surface area contributed by atoms with Crippen LogP contribution in [0.4, 0.5) is 5.82 Å². The van der Waals surface area contributed by atoms with E-state index in [1.54, 1.807) is 0 Å². The van der Waals surface area contributed by atoms with Crippen LogP contribution in [-0.4, -0.2) is 29.3 Å². The van der Waals surface area contributed by atoms with Crippen LogP contribution in [0.15, 0.2) is 12.1 Å². The van der Waals surface area contributed by atoms with E-state index in [1.165, 1.54) is 0 Å². The van der Waals surface area contributed by atoms with Crippen LogP contribution in [-0.2, 0) is 6.42 Å². The van der Waals surface area contributed by atoms with Gasteiger partial charge in [0.05, 0.1) is 11.7 Å². The lowest BCUT2D eigenvalue weighted by molar-refractivity contribution is 0.470. The molecule has 0 unspecified atom stereocenters. The van der Waals surface area contributed by atoms with Crippen molar-refractivity contribution in [2.75, 3.05) is 18.4 Å². The molecule has 1 aliphatic heterocycles. The molecule has 1 aromatic rings. The second-order valence-corrected chi connectivity index (χ2v) is 3.66. The second kappa shape index (κ2) is 4.37. The van der Waals surface area contributed by atoms with Gasteiger partial charge in [-0.25, -0.2) is 0 Å². The molecule has 2 rings (SSSR count). The number of hydrogen-bond acceptors (Lipinski definition) is 4. The molecule has 76 valence electrons. The Kier molecular flexibility index (Phi) is 2.93. The smallest absolute Gasteiger partial charge is 0.148 e. The average molecular weight is 192 g/mol. The van der Waals surface area contributed by atoms with Crippen molar-refractivity contribution in [2.24, 2.45) is 0 Å². The molecule has 2 N–H and O–H groups in total. The van der Waals surface area contributed by atoms with Crippen molar-refractivity contribution in [3.05, 3.63) is 17.8 Å². The fourth-order valence-electron chi connectivity index (χ4n) is 1.43. The summed E-state index contributed by atoms with van der Waals surface area (Å²) in [5.74, 6) is 0.886. The molecular formula is C10H16N4. The highest BCUT2D eigenvalue weighted by Gasteiger charge is 2.16. The van der Waals surface area contributed by atoms with Crippen LogP contribution >= 0.6 is 0 Å². The van der Waals surface area contributed by atoms with Gasteiger partial charge in [0.25, 0.3) is 0 Å². The summed E-state index contributed by atoms with van der Waals surface area (Å²) >= 11 is 0. The van der Waals surface area contributed by atoms with E-state index >= 15 is 0 Å². The summed E-state index contributed by atoms with van der Waals surface area (Å²) in [6.45, 7) is 4.20.